The van der Waals surface area contributed by atoms with Gasteiger partial charge in [0.2, 0.25) is 0 Å². The maximum absolute atomic E-state index is 13.0. The number of anilines is 1. The van der Waals surface area contributed by atoms with E-state index in [0.717, 1.165) is 68.9 Å². The summed E-state index contributed by atoms with van der Waals surface area (Å²) in [5.74, 6) is 0.0154. The average Bonchev–Trinajstić information content (AvgIpc) is 3.13. The molecule has 6 nitrogen and oxygen atoms in total. The van der Waals surface area contributed by atoms with Gasteiger partial charge in [-0.1, -0.05) is 46.0 Å². The summed E-state index contributed by atoms with van der Waals surface area (Å²) in [7, 11) is -3.29. The smallest absolute Gasteiger partial charge is 0.264 e. The second kappa shape index (κ2) is 11.2. The molecule has 2 heterocycles. The van der Waals surface area contributed by atoms with Crippen LogP contribution >= 0.6 is 11.8 Å². The van der Waals surface area contributed by atoms with Crippen LogP contribution in [0, 0.1) is 0 Å². The van der Waals surface area contributed by atoms with Crippen molar-refractivity contribution in [3.63, 3.8) is 0 Å². The van der Waals surface area contributed by atoms with Crippen LogP contribution in [0.3, 0.4) is 0 Å². The predicted molar refractivity (Wildman–Crippen MR) is 129 cm³/mol. The SMILES string of the molecule is CCCCCCCS(=O)(=O)c1ccc(NC(=O)C2=C(CCC)N3CCCN=C3S2)cc1. The number of thioether (sulfide) groups is 1. The number of amidine groups is 1. The summed E-state index contributed by atoms with van der Waals surface area (Å²) in [5.41, 5.74) is 1.65. The van der Waals surface area contributed by atoms with Gasteiger partial charge < -0.3 is 10.2 Å². The molecule has 1 aromatic carbocycles. The lowest BCUT2D eigenvalue weighted by atomic mass is 10.2. The summed E-state index contributed by atoms with van der Waals surface area (Å²) in [6.07, 6.45) is 7.79. The third-order valence-electron chi connectivity index (χ3n) is 5.48. The highest BCUT2D eigenvalue weighted by Crippen LogP contribution is 2.38. The first kappa shape index (κ1) is 23.9. The molecule has 0 radical (unpaired) electrons. The number of hydrogen-bond donors (Lipinski definition) is 1. The summed E-state index contributed by atoms with van der Waals surface area (Å²) in [5, 5.41) is 3.85. The van der Waals surface area contributed by atoms with Gasteiger partial charge in [-0.25, -0.2) is 8.42 Å². The third-order valence-corrected chi connectivity index (χ3v) is 8.45. The van der Waals surface area contributed by atoms with E-state index < -0.39 is 9.84 Å². The van der Waals surface area contributed by atoms with Crippen LogP contribution in [-0.4, -0.2) is 43.2 Å². The zero-order valence-corrected chi connectivity index (χ0v) is 20.2. The molecule has 0 fully saturated rings. The van der Waals surface area contributed by atoms with Gasteiger partial charge in [-0.05, 0) is 55.3 Å². The number of carbonyl (C=O) groups is 1. The molecule has 0 aliphatic carbocycles. The zero-order chi connectivity index (χ0) is 22.3. The molecule has 1 N–H and O–H groups in total. The maximum atomic E-state index is 13.0. The molecular weight excluding hydrogens is 430 g/mol. The Morgan fingerprint density at radius 1 is 1.10 bits per heavy atom. The fourth-order valence-corrected chi connectivity index (χ4v) is 6.30. The first-order valence-corrected chi connectivity index (χ1v) is 13.8. The Kier molecular flexibility index (Phi) is 8.60. The van der Waals surface area contributed by atoms with Gasteiger partial charge in [0, 0.05) is 24.5 Å². The second-order valence-corrected chi connectivity index (χ2v) is 11.1. The minimum atomic E-state index is -3.29. The fourth-order valence-electron chi connectivity index (χ4n) is 3.80. The normalized spacial score (nSPS) is 16.3. The quantitative estimate of drug-likeness (QED) is 0.457. The van der Waals surface area contributed by atoms with Gasteiger partial charge >= 0.3 is 0 Å². The second-order valence-electron chi connectivity index (χ2n) is 8.01. The van der Waals surface area contributed by atoms with Gasteiger partial charge in [-0.3, -0.25) is 9.79 Å². The highest BCUT2D eigenvalue weighted by molar-refractivity contribution is 8.18. The van der Waals surface area contributed by atoms with Crippen molar-refractivity contribution in [2.24, 2.45) is 4.99 Å². The van der Waals surface area contributed by atoms with E-state index in [4.69, 9.17) is 0 Å². The Morgan fingerprint density at radius 2 is 1.84 bits per heavy atom. The maximum Gasteiger partial charge on any atom is 0.264 e. The van der Waals surface area contributed by atoms with E-state index in [-0.39, 0.29) is 11.7 Å². The number of nitrogens with one attached hydrogen (secondary N) is 1. The molecular formula is C23H33N3O3S2. The Balaban J connectivity index is 1.64. The van der Waals surface area contributed by atoms with Gasteiger partial charge in [-0.15, -0.1) is 0 Å². The highest BCUT2D eigenvalue weighted by Gasteiger charge is 2.33. The number of allylic oxidation sites excluding steroid dienone is 1. The lowest BCUT2D eigenvalue weighted by Crippen LogP contribution is -2.29. The number of rotatable bonds is 11. The molecule has 0 saturated carbocycles. The molecule has 0 spiro atoms. The number of fused-ring (bicyclic) bond motifs is 1. The Labute approximate surface area is 190 Å². The van der Waals surface area contributed by atoms with E-state index in [1.807, 2.05) is 0 Å². The first-order valence-electron chi connectivity index (χ1n) is 11.3. The summed E-state index contributed by atoms with van der Waals surface area (Å²) in [6.45, 7) is 5.96. The van der Waals surface area contributed by atoms with Crippen LogP contribution in [0.25, 0.3) is 0 Å². The molecule has 0 unspecified atom stereocenters. The molecule has 0 saturated heterocycles. The number of benzene rings is 1. The van der Waals surface area contributed by atoms with Crippen molar-refractivity contribution in [3.8, 4) is 0 Å². The van der Waals surface area contributed by atoms with Crippen LogP contribution in [0.15, 0.2) is 44.8 Å². The van der Waals surface area contributed by atoms with Crippen molar-refractivity contribution in [2.75, 3.05) is 24.2 Å². The molecule has 0 aromatic heterocycles. The molecule has 2 aliphatic rings. The number of nitrogens with zero attached hydrogens (tertiary/aromatic N) is 2. The Bertz CT molecular complexity index is 937. The van der Waals surface area contributed by atoms with E-state index in [1.54, 1.807) is 24.3 Å². The van der Waals surface area contributed by atoms with Gasteiger partial charge in [0.25, 0.3) is 5.91 Å². The zero-order valence-electron chi connectivity index (χ0n) is 18.5. The van der Waals surface area contributed by atoms with E-state index in [2.05, 4.69) is 29.1 Å². The topological polar surface area (TPSA) is 78.8 Å². The average molecular weight is 464 g/mol. The molecule has 8 heteroatoms. The number of unbranched alkanes of at least 4 members (excludes halogenated alkanes) is 4. The Hall–Kier alpha value is -1.80. The molecule has 31 heavy (non-hydrogen) atoms. The molecule has 3 rings (SSSR count). The summed E-state index contributed by atoms with van der Waals surface area (Å²) < 4.78 is 25.1. The first-order chi connectivity index (χ1) is 15.0. The van der Waals surface area contributed by atoms with Crippen molar-refractivity contribution in [2.45, 2.75) is 70.1 Å². The summed E-state index contributed by atoms with van der Waals surface area (Å²) in [6, 6.07) is 6.53. The number of aliphatic imine (C=N–C) groups is 1. The number of carbonyl (C=O) groups excluding carboxylic acids is 1. The van der Waals surface area contributed by atoms with Crippen LogP contribution in [0.5, 0.6) is 0 Å². The number of amides is 1. The third kappa shape index (κ3) is 6.13. The largest absolute Gasteiger partial charge is 0.323 e. The lowest BCUT2D eigenvalue weighted by molar-refractivity contribution is -0.112. The van der Waals surface area contributed by atoms with Crippen molar-refractivity contribution < 1.29 is 13.2 Å². The van der Waals surface area contributed by atoms with E-state index in [9.17, 15) is 13.2 Å². The molecule has 1 amide bonds. The van der Waals surface area contributed by atoms with Crippen molar-refractivity contribution in [3.05, 3.63) is 34.9 Å². The standard InChI is InChI=1S/C23H33N3O3S2/c1-3-5-6-7-8-17-31(28,29)19-13-11-18(12-14-19)25-22(27)21-20(10-4-2)26-16-9-15-24-23(26)30-21/h11-14H,3-10,15-17H2,1-2H3,(H,25,27). The van der Waals surface area contributed by atoms with Crippen molar-refractivity contribution in [1.82, 2.24) is 4.90 Å². The van der Waals surface area contributed by atoms with Crippen molar-refractivity contribution >= 4 is 38.4 Å². The number of sulfone groups is 1. The molecule has 0 bridgehead atoms. The number of hydrogen-bond acceptors (Lipinski definition) is 6. The van der Waals surface area contributed by atoms with E-state index in [0.29, 0.717) is 21.9 Å². The van der Waals surface area contributed by atoms with E-state index in [1.165, 1.54) is 11.8 Å². The van der Waals surface area contributed by atoms with Crippen LogP contribution in [0.1, 0.15) is 65.2 Å². The van der Waals surface area contributed by atoms with Gasteiger partial charge in [0.1, 0.15) is 0 Å². The van der Waals surface area contributed by atoms with Gasteiger partial charge in [0.05, 0.1) is 15.6 Å². The van der Waals surface area contributed by atoms with E-state index >= 15 is 0 Å². The monoisotopic (exact) mass is 463 g/mol. The van der Waals surface area contributed by atoms with Crippen LogP contribution in [-0.2, 0) is 14.6 Å². The highest BCUT2D eigenvalue weighted by atomic mass is 32.2. The minimum absolute atomic E-state index is 0.155. The molecule has 0 atom stereocenters. The molecule has 1 aromatic rings. The summed E-state index contributed by atoms with van der Waals surface area (Å²) in [4.78, 5) is 20.7. The molecule has 170 valence electrons. The Morgan fingerprint density at radius 3 is 2.55 bits per heavy atom. The minimum Gasteiger partial charge on any atom is -0.323 e. The summed E-state index contributed by atoms with van der Waals surface area (Å²) >= 11 is 1.44. The van der Waals surface area contributed by atoms with Gasteiger partial charge in [0.15, 0.2) is 15.0 Å². The predicted octanol–water partition coefficient (Wildman–Crippen LogP) is 5.19. The van der Waals surface area contributed by atoms with Crippen molar-refractivity contribution in [1.29, 1.82) is 0 Å². The van der Waals surface area contributed by atoms with Crippen LogP contribution in [0.2, 0.25) is 0 Å². The molecule has 2 aliphatic heterocycles. The van der Waals surface area contributed by atoms with Gasteiger partial charge in [-0.2, -0.15) is 0 Å². The van der Waals surface area contributed by atoms with Crippen LogP contribution in [0.4, 0.5) is 5.69 Å². The lowest BCUT2D eigenvalue weighted by Gasteiger charge is -2.25. The van der Waals surface area contributed by atoms with Crippen LogP contribution < -0.4 is 5.32 Å². The fraction of sp³-hybridized carbons (Fsp3) is 0.565.